The van der Waals surface area contributed by atoms with Gasteiger partial charge in [0.1, 0.15) is 6.04 Å². The minimum Gasteiger partial charge on any atom is -0.344 e. The third-order valence-corrected chi connectivity index (χ3v) is 3.50. The van der Waals surface area contributed by atoms with Crippen LogP contribution in [0.3, 0.4) is 0 Å². The van der Waals surface area contributed by atoms with Crippen LogP contribution in [0.5, 0.6) is 0 Å². The molecule has 1 atom stereocenters. The number of fused-ring (bicyclic) bond motifs is 1. The van der Waals surface area contributed by atoms with Crippen molar-refractivity contribution in [2.45, 2.75) is 19.9 Å². The van der Waals surface area contributed by atoms with Gasteiger partial charge in [0.25, 0.3) is 0 Å². The van der Waals surface area contributed by atoms with Gasteiger partial charge in [-0.2, -0.15) is 4.98 Å². The van der Waals surface area contributed by atoms with Crippen molar-refractivity contribution >= 4 is 33.4 Å². The molecule has 0 spiro atoms. The van der Waals surface area contributed by atoms with Crippen molar-refractivity contribution in [1.82, 2.24) is 19.5 Å². The number of pyridine rings is 1. The molecule has 1 amide bonds. The lowest BCUT2D eigenvalue weighted by Crippen LogP contribution is -2.39. The number of carbonyl (C=O) groups is 1. The van der Waals surface area contributed by atoms with Crippen LogP contribution in [-0.4, -0.2) is 45.0 Å². The molecule has 2 aromatic heterocycles. The summed E-state index contributed by atoms with van der Waals surface area (Å²) in [6.45, 7) is 4.41. The van der Waals surface area contributed by atoms with E-state index in [2.05, 4.69) is 31.3 Å². The Balaban J connectivity index is 2.17. The van der Waals surface area contributed by atoms with E-state index >= 15 is 0 Å². The van der Waals surface area contributed by atoms with Gasteiger partial charge in [0.05, 0.1) is 4.47 Å². The van der Waals surface area contributed by atoms with E-state index < -0.39 is 0 Å². The highest BCUT2D eigenvalue weighted by molar-refractivity contribution is 9.10. The Morgan fingerprint density at radius 1 is 1.63 bits per heavy atom. The molecule has 0 saturated heterocycles. The summed E-state index contributed by atoms with van der Waals surface area (Å²) in [5.74, 6) is 0.456. The monoisotopic (exact) mass is 325 g/mol. The summed E-state index contributed by atoms with van der Waals surface area (Å²) in [5, 5.41) is 7.29. The molecule has 1 unspecified atom stereocenters. The van der Waals surface area contributed by atoms with E-state index in [0.717, 1.165) is 4.47 Å². The van der Waals surface area contributed by atoms with Gasteiger partial charge < -0.3 is 10.2 Å². The Morgan fingerprint density at radius 3 is 3.00 bits per heavy atom. The van der Waals surface area contributed by atoms with Gasteiger partial charge in [-0.25, -0.2) is 4.52 Å². The fourth-order valence-electron chi connectivity index (χ4n) is 1.68. The fourth-order valence-corrected chi connectivity index (χ4v) is 2.10. The van der Waals surface area contributed by atoms with Crippen molar-refractivity contribution in [3.05, 3.63) is 22.8 Å². The highest BCUT2D eigenvalue weighted by atomic mass is 79.9. The van der Waals surface area contributed by atoms with Gasteiger partial charge >= 0.3 is 0 Å². The molecule has 6 nitrogen and oxygen atoms in total. The Labute approximate surface area is 119 Å². The van der Waals surface area contributed by atoms with Crippen LogP contribution < -0.4 is 5.32 Å². The minimum atomic E-state index is -0.360. The molecule has 2 aromatic rings. The molecule has 7 heteroatoms. The zero-order chi connectivity index (χ0) is 14.0. The van der Waals surface area contributed by atoms with Crippen molar-refractivity contribution in [2.24, 2.45) is 0 Å². The molecule has 0 saturated carbocycles. The van der Waals surface area contributed by atoms with E-state index in [1.807, 2.05) is 25.3 Å². The number of anilines is 1. The van der Waals surface area contributed by atoms with Gasteiger partial charge in [0, 0.05) is 19.8 Å². The first-order chi connectivity index (χ1) is 9.02. The second kappa shape index (κ2) is 5.56. The van der Waals surface area contributed by atoms with Crippen molar-refractivity contribution in [2.75, 3.05) is 18.9 Å². The molecule has 0 fully saturated rings. The first-order valence-electron chi connectivity index (χ1n) is 6.05. The topological polar surface area (TPSA) is 62.5 Å². The van der Waals surface area contributed by atoms with Crippen molar-refractivity contribution in [3.63, 3.8) is 0 Å². The SMILES string of the molecule is CCN(C)C(=O)C(C)Nc1nc2c(Br)cccn2n1. The molecule has 0 aliphatic rings. The number of carbonyl (C=O) groups excluding carboxylic acids is 1. The average molecular weight is 326 g/mol. The number of amides is 1. The van der Waals surface area contributed by atoms with Gasteiger partial charge in [-0.3, -0.25) is 4.79 Å². The van der Waals surface area contributed by atoms with E-state index in [9.17, 15) is 4.79 Å². The molecule has 0 bridgehead atoms. The molecule has 19 heavy (non-hydrogen) atoms. The summed E-state index contributed by atoms with van der Waals surface area (Å²) in [5.41, 5.74) is 0.716. The van der Waals surface area contributed by atoms with Gasteiger partial charge in [-0.05, 0) is 41.9 Å². The van der Waals surface area contributed by atoms with Crippen LogP contribution in [-0.2, 0) is 4.79 Å². The molecule has 0 aliphatic heterocycles. The number of halogens is 1. The van der Waals surface area contributed by atoms with E-state index in [-0.39, 0.29) is 11.9 Å². The van der Waals surface area contributed by atoms with Crippen LogP contribution >= 0.6 is 15.9 Å². The zero-order valence-corrected chi connectivity index (χ0v) is 12.7. The molecular weight excluding hydrogens is 310 g/mol. The Kier molecular flexibility index (Phi) is 4.04. The normalized spacial score (nSPS) is 12.4. The minimum absolute atomic E-state index is 0.0143. The van der Waals surface area contributed by atoms with E-state index in [4.69, 9.17) is 0 Å². The third kappa shape index (κ3) is 2.86. The predicted molar refractivity (Wildman–Crippen MR) is 77.1 cm³/mol. The van der Waals surface area contributed by atoms with Gasteiger partial charge in [0.2, 0.25) is 11.9 Å². The van der Waals surface area contributed by atoms with Crippen LogP contribution in [0.4, 0.5) is 5.95 Å². The summed E-state index contributed by atoms with van der Waals surface area (Å²) in [6.07, 6.45) is 1.81. The second-order valence-electron chi connectivity index (χ2n) is 4.28. The van der Waals surface area contributed by atoms with Gasteiger partial charge in [-0.15, -0.1) is 5.10 Å². The van der Waals surface area contributed by atoms with Crippen LogP contribution in [0.2, 0.25) is 0 Å². The molecular formula is C12H16BrN5O. The lowest BCUT2D eigenvalue weighted by Gasteiger charge is -2.19. The van der Waals surface area contributed by atoms with Gasteiger partial charge in [-0.1, -0.05) is 0 Å². The molecule has 0 aromatic carbocycles. The summed E-state index contributed by atoms with van der Waals surface area (Å²) in [7, 11) is 1.77. The fraction of sp³-hybridized carbons (Fsp3) is 0.417. The first kappa shape index (κ1) is 13.8. The van der Waals surface area contributed by atoms with E-state index in [0.29, 0.717) is 18.1 Å². The number of nitrogens with one attached hydrogen (secondary N) is 1. The van der Waals surface area contributed by atoms with Gasteiger partial charge in [0.15, 0.2) is 5.65 Å². The molecule has 1 N–H and O–H groups in total. The lowest BCUT2D eigenvalue weighted by molar-refractivity contribution is -0.130. The largest absolute Gasteiger partial charge is 0.344 e. The van der Waals surface area contributed by atoms with Crippen LogP contribution in [0.1, 0.15) is 13.8 Å². The quantitative estimate of drug-likeness (QED) is 0.930. The maximum Gasteiger partial charge on any atom is 0.244 e. The smallest absolute Gasteiger partial charge is 0.244 e. The Hall–Kier alpha value is -1.63. The number of hydrogen-bond acceptors (Lipinski definition) is 4. The molecule has 2 heterocycles. The summed E-state index contributed by atoms with van der Waals surface area (Å²) >= 11 is 3.41. The van der Waals surface area contributed by atoms with Crippen LogP contribution in [0.15, 0.2) is 22.8 Å². The number of hydrogen-bond donors (Lipinski definition) is 1. The molecule has 102 valence electrons. The summed E-state index contributed by atoms with van der Waals surface area (Å²) in [6, 6.07) is 3.41. The number of aromatic nitrogens is 3. The maximum absolute atomic E-state index is 12.0. The number of rotatable bonds is 4. The average Bonchev–Trinajstić information content (AvgIpc) is 2.80. The number of likely N-dealkylation sites (N-methyl/N-ethyl adjacent to an activating group) is 1. The summed E-state index contributed by atoms with van der Waals surface area (Å²) in [4.78, 5) is 18.0. The zero-order valence-electron chi connectivity index (χ0n) is 11.1. The summed E-state index contributed by atoms with van der Waals surface area (Å²) < 4.78 is 2.52. The second-order valence-corrected chi connectivity index (χ2v) is 5.13. The predicted octanol–water partition coefficient (Wildman–Crippen LogP) is 1.77. The van der Waals surface area contributed by atoms with Crippen LogP contribution in [0, 0.1) is 0 Å². The molecule has 0 aliphatic carbocycles. The third-order valence-electron chi connectivity index (χ3n) is 2.88. The van der Waals surface area contributed by atoms with E-state index in [1.165, 1.54) is 0 Å². The van der Waals surface area contributed by atoms with Crippen LogP contribution in [0.25, 0.3) is 5.65 Å². The standard InChI is InChI=1S/C12H16BrN5O/c1-4-17(3)11(19)8(2)14-12-15-10-9(13)6-5-7-18(10)16-12/h5-8H,4H2,1-3H3,(H,14,16). The van der Waals surface area contributed by atoms with Crippen molar-refractivity contribution in [1.29, 1.82) is 0 Å². The lowest BCUT2D eigenvalue weighted by atomic mass is 10.3. The highest BCUT2D eigenvalue weighted by Gasteiger charge is 2.18. The Bertz CT molecular complexity index is 597. The molecule has 0 radical (unpaired) electrons. The molecule has 2 rings (SSSR count). The number of nitrogens with zero attached hydrogens (tertiary/aromatic N) is 4. The first-order valence-corrected chi connectivity index (χ1v) is 6.84. The highest BCUT2D eigenvalue weighted by Crippen LogP contribution is 2.17. The van der Waals surface area contributed by atoms with Crippen molar-refractivity contribution < 1.29 is 4.79 Å². The van der Waals surface area contributed by atoms with Crippen molar-refractivity contribution in [3.8, 4) is 0 Å². The maximum atomic E-state index is 12.0. The van der Waals surface area contributed by atoms with E-state index in [1.54, 1.807) is 23.4 Å². The Morgan fingerprint density at radius 2 is 2.37 bits per heavy atom.